The topological polar surface area (TPSA) is 63.1 Å². The summed E-state index contributed by atoms with van der Waals surface area (Å²) in [5.41, 5.74) is 3.00. The van der Waals surface area contributed by atoms with Crippen molar-refractivity contribution in [2.75, 3.05) is 18.4 Å². The first-order valence-electron chi connectivity index (χ1n) is 12.0. The summed E-state index contributed by atoms with van der Waals surface area (Å²) in [7, 11) is 0. The lowest BCUT2D eigenvalue weighted by Crippen LogP contribution is -2.33. The molecule has 1 aliphatic carbocycles. The maximum atomic E-state index is 13.7. The predicted molar refractivity (Wildman–Crippen MR) is 136 cm³/mol. The number of alkyl halides is 2. The van der Waals surface area contributed by atoms with Gasteiger partial charge in [-0.1, -0.05) is 12.7 Å². The molecule has 1 fully saturated rings. The van der Waals surface area contributed by atoms with Crippen molar-refractivity contribution in [3.63, 3.8) is 0 Å². The zero-order valence-electron chi connectivity index (χ0n) is 19.8. The molecule has 0 saturated heterocycles. The van der Waals surface area contributed by atoms with Gasteiger partial charge in [-0.25, -0.2) is 18.7 Å². The molecule has 3 aromatic heterocycles. The second kappa shape index (κ2) is 9.53. The molecule has 1 aliphatic heterocycles. The Hall–Kier alpha value is -3.07. The molecule has 0 spiro atoms. The molecule has 3 aromatic rings. The van der Waals surface area contributed by atoms with E-state index in [1.807, 2.05) is 25.4 Å². The van der Waals surface area contributed by atoms with Crippen molar-refractivity contribution in [1.82, 2.24) is 19.4 Å². The highest BCUT2D eigenvalue weighted by Crippen LogP contribution is 2.38. The summed E-state index contributed by atoms with van der Waals surface area (Å²) in [6.07, 6.45) is 8.96. The summed E-state index contributed by atoms with van der Waals surface area (Å²) in [5, 5.41) is 5.14. The van der Waals surface area contributed by atoms with Crippen molar-refractivity contribution in [3.8, 4) is 0 Å². The van der Waals surface area contributed by atoms with E-state index in [2.05, 4.69) is 33.6 Å². The number of pyridine rings is 1. The molecular formula is C26H29F2N5OS. The van der Waals surface area contributed by atoms with Crippen molar-refractivity contribution >= 4 is 44.7 Å². The number of aryl methyl sites for hydroxylation is 1. The Morgan fingerprint density at radius 2 is 2.17 bits per heavy atom. The van der Waals surface area contributed by atoms with E-state index in [0.717, 1.165) is 32.2 Å². The Morgan fingerprint density at radius 3 is 2.83 bits per heavy atom. The second-order valence-electron chi connectivity index (χ2n) is 9.43. The molecule has 0 atom stereocenters. The van der Waals surface area contributed by atoms with Crippen LogP contribution in [0.15, 0.2) is 43.3 Å². The third-order valence-electron chi connectivity index (χ3n) is 6.91. The summed E-state index contributed by atoms with van der Waals surface area (Å²) in [6, 6.07) is 4.08. The van der Waals surface area contributed by atoms with E-state index in [4.69, 9.17) is 4.98 Å². The fourth-order valence-corrected chi connectivity index (χ4v) is 5.62. The minimum Gasteiger partial charge on any atom is -0.347 e. The first-order valence-corrected chi connectivity index (χ1v) is 12.8. The van der Waals surface area contributed by atoms with Crippen LogP contribution in [0.2, 0.25) is 0 Å². The summed E-state index contributed by atoms with van der Waals surface area (Å²) >= 11 is 1.56. The molecule has 0 unspecified atom stereocenters. The fraction of sp³-hybridized carbons (Fsp3) is 0.423. The van der Waals surface area contributed by atoms with Crippen molar-refractivity contribution in [2.45, 2.75) is 51.5 Å². The Morgan fingerprint density at radius 1 is 1.37 bits per heavy atom. The van der Waals surface area contributed by atoms with E-state index in [-0.39, 0.29) is 24.7 Å². The van der Waals surface area contributed by atoms with Crippen LogP contribution in [0.5, 0.6) is 0 Å². The molecule has 1 amide bonds. The third kappa shape index (κ3) is 5.15. The molecule has 0 aromatic carbocycles. The normalized spacial score (nSPS) is 18.5. The van der Waals surface area contributed by atoms with Gasteiger partial charge in [-0.2, -0.15) is 0 Å². The van der Waals surface area contributed by atoms with Crippen molar-refractivity contribution < 1.29 is 13.6 Å². The van der Waals surface area contributed by atoms with Crippen LogP contribution >= 0.6 is 11.3 Å². The van der Waals surface area contributed by atoms with Crippen LogP contribution in [0.4, 0.5) is 19.7 Å². The number of nitrogens with zero attached hydrogens (tertiary/aromatic N) is 4. The number of carbonyl (C=O) groups is 1. The van der Waals surface area contributed by atoms with Crippen molar-refractivity contribution in [2.24, 2.45) is 5.92 Å². The van der Waals surface area contributed by atoms with E-state index in [0.29, 0.717) is 44.7 Å². The van der Waals surface area contributed by atoms with Crippen LogP contribution in [0.25, 0.3) is 16.5 Å². The number of aromatic nitrogens is 3. The molecule has 2 aliphatic rings. The standard InChI is InChI=1S/C26H29F2N5OS/c1-3-23(34)32-11-6-19(7-12-32)24-20-8-13-33(16-18-4-9-26(27,28)10-5-18)21(20)14-22(30-24)31-25-29-15-17(2)35-25/h3,6,8,13-15,18H,1,4-5,7,9-12,16H2,2H3,(H,29,30,31). The Bertz CT molecular complexity index is 1280. The maximum Gasteiger partial charge on any atom is 0.248 e. The fourth-order valence-electron chi connectivity index (χ4n) is 4.95. The molecule has 1 N–H and O–H groups in total. The molecule has 1 saturated carbocycles. The summed E-state index contributed by atoms with van der Waals surface area (Å²) in [6.45, 7) is 7.43. The number of hydrogen-bond acceptors (Lipinski definition) is 5. The first kappa shape index (κ1) is 23.7. The predicted octanol–water partition coefficient (Wildman–Crippen LogP) is 6.17. The van der Waals surface area contributed by atoms with E-state index in [1.165, 1.54) is 6.08 Å². The summed E-state index contributed by atoms with van der Waals surface area (Å²) < 4.78 is 29.5. The molecule has 184 valence electrons. The number of nitrogens with one attached hydrogen (secondary N) is 1. The van der Waals surface area contributed by atoms with Gasteiger partial charge in [0, 0.05) is 61.2 Å². The monoisotopic (exact) mass is 497 g/mol. The highest BCUT2D eigenvalue weighted by molar-refractivity contribution is 7.15. The number of fused-ring (bicyclic) bond motifs is 1. The number of thiazole rings is 1. The number of amides is 1. The van der Waals surface area contributed by atoms with Crippen LogP contribution in [-0.2, 0) is 11.3 Å². The molecule has 0 radical (unpaired) electrons. The van der Waals surface area contributed by atoms with Crippen LogP contribution < -0.4 is 5.32 Å². The zero-order chi connectivity index (χ0) is 24.6. The van der Waals surface area contributed by atoms with E-state index in [1.54, 1.807) is 16.2 Å². The number of hydrogen-bond donors (Lipinski definition) is 1. The SMILES string of the molecule is C=CC(=O)N1CC=C(c2nc(Nc3ncc(C)s3)cc3c2ccn3CC2CCC(F)(F)CC2)CC1. The van der Waals surface area contributed by atoms with E-state index in [9.17, 15) is 13.6 Å². The van der Waals surface area contributed by atoms with Crippen LogP contribution in [0.3, 0.4) is 0 Å². The van der Waals surface area contributed by atoms with Gasteiger partial charge in [0.25, 0.3) is 0 Å². The molecule has 9 heteroatoms. The van der Waals surface area contributed by atoms with Crippen LogP contribution in [-0.4, -0.2) is 44.4 Å². The minimum absolute atomic E-state index is 0.0350. The van der Waals surface area contributed by atoms with Crippen LogP contribution in [0, 0.1) is 12.8 Å². The van der Waals surface area contributed by atoms with Gasteiger partial charge < -0.3 is 14.8 Å². The van der Waals surface area contributed by atoms with Gasteiger partial charge in [-0.3, -0.25) is 4.79 Å². The summed E-state index contributed by atoms with van der Waals surface area (Å²) in [4.78, 5) is 24.2. The number of halogens is 2. The Kier molecular flexibility index (Phi) is 6.44. The molecular weight excluding hydrogens is 468 g/mol. The van der Waals surface area contributed by atoms with Gasteiger partial charge in [-0.15, -0.1) is 11.3 Å². The van der Waals surface area contributed by atoms with Gasteiger partial charge >= 0.3 is 0 Å². The minimum atomic E-state index is -2.52. The van der Waals surface area contributed by atoms with Gasteiger partial charge in [-0.05, 0) is 49.8 Å². The smallest absolute Gasteiger partial charge is 0.248 e. The lowest BCUT2D eigenvalue weighted by molar-refractivity contribution is -0.125. The average molecular weight is 498 g/mol. The highest BCUT2D eigenvalue weighted by atomic mass is 32.1. The quantitative estimate of drug-likeness (QED) is 0.414. The lowest BCUT2D eigenvalue weighted by atomic mass is 9.87. The Balaban J connectivity index is 1.48. The molecule has 6 nitrogen and oxygen atoms in total. The number of rotatable bonds is 6. The number of carbonyl (C=O) groups excluding carboxylic acids is 1. The first-order chi connectivity index (χ1) is 16.8. The van der Waals surface area contributed by atoms with Crippen molar-refractivity contribution in [3.05, 3.63) is 53.8 Å². The van der Waals surface area contributed by atoms with Crippen LogP contribution in [0.1, 0.15) is 42.7 Å². The zero-order valence-corrected chi connectivity index (χ0v) is 20.6. The number of anilines is 2. The van der Waals surface area contributed by atoms with E-state index >= 15 is 0 Å². The molecule has 5 rings (SSSR count). The van der Waals surface area contributed by atoms with Crippen molar-refractivity contribution in [1.29, 1.82) is 0 Å². The highest BCUT2D eigenvalue weighted by Gasteiger charge is 2.35. The molecule has 35 heavy (non-hydrogen) atoms. The lowest BCUT2D eigenvalue weighted by Gasteiger charge is -2.28. The largest absolute Gasteiger partial charge is 0.347 e. The molecule has 0 bridgehead atoms. The average Bonchev–Trinajstić information content (AvgIpc) is 3.45. The third-order valence-corrected chi connectivity index (χ3v) is 7.74. The van der Waals surface area contributed by atoms with E-state index < -0.39 is 5.92 Å². The van der Waals surface area contributed by atoms with Gasteiger partial charge in [0.2, 0.25) is 11.8 Å². The molecule has 4 heterocycles. The van der Waals surface area contributed by atoms with Gasteiger partial charge in [0.15, 0.2) is 5.13 Å². The van der Waals surface area contributed by atoms with Gasteiger partial charge in [0.05, 0.1) is 11.2 Å². The Labute approximate surface area is 207 Å². The maximum absolute atomic E-state index is 13.7. The second-order valence-corrected chi connectivity index (χ2v) is 10.7. The van der Waals surface area contributed by atoms with Gasteiger partial charge in [0.1, 0.15) is 5.82 Å². The summed E-state index contributed by atoms with van der Waals surface area (Å²) in [5.74, 6) is -1.67.